The van der Waals surface area contributed by atoms with Crippen LogP contribution in [0.15, 0.2) is 24.5 Å². The first-order valence-corrected chi connectivity index (χ1v) is 12.2. The van der Waals surface area contributed by atoms with Crippen LogP contribution in [-0.2, 0) is 9.97 Å². The summed E-state index contributed by atoms with van der Waals surface area (Å²) in [5.41, 5.74) is 2.92. The highest BCUT2D eigenvalue weighted by atomic mass is 35.5. The molecular formula is C21H27B3Cl2N6O. The van der Waals surface area contributed by atoms with Crippen molar-refractivity contribution in [3.05, 3.63) is 40.3 Å². The van der Waals surface area contributed by atoms with E-state index in [-0.39, 0.29) is 10.8 Å². The molecule has 2 fully saturated rings. The minimum Gasteiger partial charge on any atom is -0.377 e. The van der Waals surface area contributed by atoms with Gasteiger partial charge in [0.15, 0.2) is 0 Å². The van der Waals surface area contributed by atoms with Gasteiger partial charge in [0.2, 0.25) is 5.95 Å². The molecule has 33 heavy (non-hydrogen) atoms. The summed E-state index contributed by atoms with van der Waals surface area (Å²) >= 11 is 13.2. The highest BCUT2D eigenvalue weighted by Crippen LogP contribution is 2.38. The predicted octanol–water partition coefficient (Wildman–Crippen LogP) is 1.31. The van der Waals surface area contributed by atoms with Crippen LogP contribution >= 0.6 is 23.2 Å². The van der Waals surface area contributed by atoms with Crippen molar-refractivity contribution in [1.82, 2.24) is 24.6 Å². The van der Waals surface area contributed by atoms with Crippen LogP contribution in [0.25, 0.3) is 10.9 Å². The minimum absolute atomic E-state index is 0.202. The molecule has 0 spiro atoms. The van der Waals surface area contributed by atoms with Crippen molar-refractivity contribution < 1.29 is 4.74 Å². The fraction of sp³-hybridized carbons (Fsp3) is 0.476. The number of ether oxygens (including phenoxy) is 1. The van der Waals surface area contributed by atoms with Crippen molar-refractivity contribution in [3.63, 3.8) is 0 Å². The predicted molar refractivity (Wildman–Crippen MR) is 141 cm³/mol. The van der Waals surface area contributed by atoms with Gasteiger partial charge in [0.25, 0.3) is 0 Å². The topological polar surface area (TPSA) is 68.1 Å². The van der Waals surface area contributed by atoms with Crippen molar-refractivity contribution >= 4 is 69.3 Å². The van der Waals surface area contributed by atoms with Crippen molar-refractivity contribution in [1.29, 1.82) is 0 Å². The molecule has 2 aromatic heterocycles. The number of benzene rings is 1. The Bertz CT molecular complexity index is 1190. The molecule has 170 valence electrons. The molecular weight excluding hydrogens is 456 g/mol. The van der Waals surface area contributed by atoms with Gasteiger partial charge in [-0.3, -0.25) is 9.58 Å². The van der Waals surface area contributed by atoms with E-state index in [1.54, 1.807) is 17.1 Å². The summed E-state index contributed by atoms with van der Waals surface area (Å²) < 4.78 is 7.23. The summed E-state index contributed by atoms with van der Waals surface area (Å²) in [4.78, 5) is 11.8. The van der Waals surface area contributed by atoms with E-state index in [0.717, 1.165) is 55.1 Å². The summed E-state index contributed by atoms with van der Waals surface area (Å²) in [6.07, 6.45) is 5.66. The molecule has 1 aromatic carbocycles. The van der Waals surface area contributed by atoms with Gasteiger partial charge in [-0.15, -0.1) is 0 Å². The highest BCUT2D eigenvalue weighted by molar-refractivity contribution is 6.57. The molecule has 1 N–H and O–H groups in total. The minimum atomic E-state index is -0.217. The third-order valence-electron chi connectivity index (χ3n) is 6.81. The zero-order valence-electron chi connectivity index (χ0n) is 19.5. The van der Waals surface area contributed by atoms with E-state index in [9.17, 15) is 0 Å². The van der Waals surface area contributed by atoms with Gasteiger partial charge in [-0.25, -0.2) is 9.97 Å². The zero-order chi connectivity index (χ0) is 23.4. The Morgan fingerprint density at radius 2 is 1.88 bits per heavy atom. The number of aromatic nitrogens is 4. The summed E-state index contributed by atoms with van der Waals surface area (Å²) in [6.45, 7) is 6.08. The molecule has 0 saturated carbocycles. The second kappa shape index (κ2) is 8.49. The molecule has 0 bridgehead atoms. The third-order valence-corrected chi connectivity index (χ3v) is 7.51. The Morgan fingerprint density at radius 3 is 2.48 bits per heavy atom. The van der Waals surface area contributed by atoms with Crippen LogP contribution in [-0.4, -0.2) is 80.0 Å². The molecule has 2 aliphatic rings. The molecule has 5 rings (SSSR count). The number of likely N-dealkylation sites (tertiary alicyclic amines) is 1. The summed E-state index contributed by atoms with van der Waals surface area (Å²) in [5, 5.41) is 9.64. The lowest BCUT2D eigenvalue weighted by molar-refractivity contribution is -0.136. The van der Waals surface area contributed by atoms with Gasteiger partial charge in [-0.05, 0) is 61.7 Å². The second-order valence-electron chi connectivity index (χ2n) is 10.4. The summed E-state index contributed by atoms with van der Waals surface area (Å²) in [6, 6.07) is 4.10. The van der Waals surface area contributed by atoms with Crippen molar-refractivity contribution in [2.24, 2.45) is 0 Å². The fourth-order valence-corrected chi connectivity index (χ4v) is 5.48. The number of nitrogens with one attached hydrogen (secondary N) is 1. The van der Waals surface area contributed by atoms with Crippen LogP contribution in [0.2, 0.25) is 10.2 Å². The van der Waals surface area contributed by atoms with Crippen molar-refractivity contribution in [2.45, 2.75) is 36.5 Å². The Hall–Kier alpha value is -1.74. The van der Waals surface area contributed by atoms with Crippen LogP contribution in [0, 0.1) is 0 Å². The van der Waals surface area contributed by atoms with E-state index in [0.29, 0.717) is 22.7 Å². The molecule has 2 aliphatic heterocycles. The van der Waals surface area contributed by atoms with Crippen LogP contribution in [0.4, 0.5) is 11.6 Å². The highest BCUT2D eigenvalue weighted by Gasteiger charge is 2.41. The quantitative estimate of drug-likeness (QED) is 0.553. The van der Waals surface area contributed by atoms with Gasteiger partial charge in [0, 0.05) is 16.6 Å². The van der Waals surface area contributed by atoms with Gasteiger partial charge < -0.3 is 10.1 Å². The standard InChI is InChI=1S/C21H27B3Cl2N6O/c1-20(10-33-11-20)31-4-2-12(3-5-31)14-7-16-13(6-15(14)25)8-27-19(29-16)30-17-9-28-32(18(17)26)21(22,23)24/h6-9,12H,2-5,10-11,22-24H2,1H3,(H,27,29,30). The molecule has 0 atom stereocenters. The van der Waals surface area contributed by atoms with E-state index in [4.69, 9.17) is 32.9 Å². The van der Waals surface area contributed by atoms with Gasteiger partial charge in [0.05, 0.1) is 36.2 Å². The zero-order valence-corrected chi connectivity index (χ0v) is 21.0. The Kier molecular flexibility index (Phi) is 5.92. The lowest BCUT2D eigenvalue weighted by Crippen LogP contribution is -2.61. The average molecular weight is 483 g/mol. The van der Waals surface area contributed by atoms with E-state index >= 15 is 0 Å². The van der Waals surface area contributed by atoms with E-state index in [2.05, 4.69) is 56.8 Å². The average Bonchev–Trinajstić information content (AvgIpc) is 3.12. The number of fused-ring (bicyclic) bond motifs is 1. The SMILES string of the molecule is BC(B)(B)n1ncc(Nc2ncc3cc(Cl)c(C4CCN(C5(C)COC5)CC4)cc3n2)c1Cl. The number of hydrogen-bond acceptors (Lipinski definition) is 6. The molecule has 0 amide bonds. The molecule has 0 unspecified atom stereocenters. The van der Waals surface area contributed by atoms with Gasteiger partial charge in [-0.2, -0.15) is 5.10 Å². The number of rotatable bonds is 5. The molecule has 3 aromatic rings. The number of anilines is 2. The molecule has 0 aliphatic carbocycles. The Morgan fingerprint density at radius 1 is 1.15 bits per heavy atom. The first-order valence-electron chi connectivity index (χ1n) is 11.4. The van der Waals surface area contributed by atoms with E-state index < -0.39 is 0 Å². The lowest BCUT2D eigenvalue weighted by atomic mass is 9.49. The Balaban J connectivity index is 1.37. The number of halogens is 2. The van der Waals surface area contributed by atoms with Crippen LogP contribution in [0.1, 0.15) is 31.2 Å². The van der Waals surface area contributed by atoms with Gasteiger partial charge in [0.1, 0.15) is 28.7 Å². The number of nitrogens with zero attached hydrogens (tertiary/aromatic N) is 5. The van der Waals surface area contributed by atoms with Crippen LogP contribution in [0.3, 0.4) is 0 Å². The fourth-order valence-electron chi connectivity index (χ4n) is 4.76. The lowest BCUT2D eigenvalue weighted by Gasteiger charge is -2.50. The van der Waals surface area contributed by atoms with Crippen LogP contribution in [0.5, 0.6) is 0 Å². The molecule has 12 heteroatoms. The largest absolute Gasteiger partial charge is 0.377 e. The van der Waals surface area contributed by atoms with E-state index in [1.165, 1.54) is 5.56 Å². The van der Waals surface area contributed by atoms with Gasteiger partial charge in [-0.1, -0.05) is 23.2 Å². The van der Waals surface area contributed by atoms with Crippen molar-refractivity contribution in [3.8, 4) is 0 Å². The van der Waals surface area contributed by atoms with E-state index in [1.807, 2.05) is 6.07 Å². The maximum absolute atomic E-state index is 6.70. The third kappa shape index (κ3) is 4.38. The first kappa shape index (κ1) is 23.0. The molecule has 4 heterocycles. The summed E-state index contributed by atoms with van der Waals surface area (Å²) in [7, 11) is 6.16. The Labute approximate surface area is 206 Å². The molecule has 7 nitrogen and oxygen atoms in total. The smallest absolute Gasteiger partial charge is 0.227 e. The normalized spacial score (nSPS) is 19.5. The molecule has 0 radical (unpaired) electrons. The van der Waals surface area contributed by atoms with Crippen molar-refractivity contribution in [2.75, 3.05) is 31.6 Å². The number of piperidine rings is 1. The monoisotopic (exact) mass is 482 g/mol. The number of hydrogen-bond donors (Lipinski definition) is 1. The first-order chi connectivity index (χ1) is 15.6. The van der Waals surface area contributed by atoms with Gasteiger partial charge >= 0.3 is 0 Å². The maximum atomic E-state index is 6.70. The maximum Gasteiger partial charge on any atom is 0.227 e. The summed E-state index contributed by atoms with van der Waals surface area (Å²) in [5.74, 6) is 0.910. The second-order valence-corrected chi connectivity index (χ2v) is 11.2. The van der Waals surface area contributed by atoms with Crippen LogP contribution < -0.4 is 5.32 Å². The molecule has 2 saturated heterocycles.